The fraction of sp³-hybridized carbons (Fsp3) is 0.0714. The molecule has 0 saturated heterocycles. The first-order chi connectivity index (χ1) is 8.70. The molecule has 0 aliphatic carbocycles. The number of benzene rings is 1. The van der Waals surface area contributed by atoms with Crippen molar-refractivity contribution in [2.75, 3.05) is 5.32 Å². The Balaban J connectivity index is 2.22. The van der Waals surface area contributed by atoms with Crippen molar-refractivity contribution in [3.8, 4) is 0 Å². The van der Waals surface area contributed by atoms with E-state index in [2.05, 4.69) is 10.3 Å². The molecule has 0 aliphatic rings. The van der Waals surface area contributed by atoms with E-state index in [1.165, 1.54) is 0 Å². The van der Waals surface area contributed by atoms with Crippen molar-refractivity contribution in [2.24, 2.45) is 0 Å². The third-order valence-corrected chi connectivity index (χ3v) is 2.52. The van der Waals surface area contributed by atoms with Crippen LogP contribution in [-0.4, -0.2) is 17.2 Å². The van der Waals surface area contributed by atoms with E-state index < -0.39 is 0 Å². The molecule has 1 aromatic heterocycles. The Hall–Kier alpha value is -2.49. The molecule has 0 radical (unpaired) electrons. The molecule has 0 spiro atoms. The van der Waals surface area contributed by atoms with Gasteiger partial charge in [0.15, 0.2) is 6.29 Å². The van der Waals surface area contributed by atoms with Crippen LogP contribution in [0.3, 0.4) is 0 Å². The van der Waals surface area contributed by atoms with E-state index >= 15 is 0 Å². The SMILES string of the molecule is Cc1ccccc1NC(=O)c1cccc(C=O)n1. The van der Waals surface area contributed by atoms with Gasteiger partial charge in [0.2, 0.25) is 0 Å². The highest BCUT2D eigenvalue weighted by molar-refractivity contribution is 6.03. The number of para-hydroxylation sites is 1. The number of rotatable bonds is 3. The third-order valence-electron chi connectivity index (χ3n) is 2.52. The summed E-state index contributed by atoms with van der Waals surface area (Å²) in [5, 5.41) is 2.76. The molecule has 2 rings (SSSR count). The minimum atomic E-state index is -0.326. The molecule has 0 aliphatic heterocycles. The number of nitrogens with one attached hydrogen (secondary N) is 1. The van der Waals surface area contributed by atoms with Gasteiger partial charge < -0.3 is 5.32 Å². The van der Waals surface area contributed by atoms with Gasteiger partial charge in [-0.3, -0.25) is 9.59 Å². The first kappa shape index (κ1) is 12.0. The largest absolute Gasteiger partial charge is 0.320 e. The monoisotopic (exact) mass is 240 g/mol. The summed E-state index contributed by atoms with van der Waals surface area (Å²) in [6, 6.07) is 12.2. The van der Waals surface area contributed by atoms with Crippen molar-refractivity contribution >= 4 is 17.9 Å². The Bertz CT molecular complexity index is 594. The highest BCUT2D eigenvalue weighted by atomic mass is 16.2. The predicted octanol–water partition coefficient (Wildman–Crippen LogP) is 2.45. The molecule has 0 atom stereocenters. The van der Waals surface area contributed by atoms with Crippen molar-refractivity contribution in [3.05, 3.63) is 59.4 Å². The number of amides is 1. The Morgan fingerprint density at radius 2 is 1.94 bits per heavy atom. The molecule has 1 amide bonds. The van der Waals surface area contributed by atoms with Crippen LogP contribution in [0.15, 0.2) is 42.5 Å². The van der Waals surface area contributed by atoms with Crippen LogP contribution in [0.1, 0.15) is 26.5 Å². The lowest BCUT2D eigenvalue weighted by atomic mass is 10.2. The lowest BCUT2D eigenvalue weighted by Crippen LogP contribution is -2.14. The van der Waals surface area contributed by atoms with Crippen molar-refractivity contribution < 1.29 is 9.59 Å². The fourth-order valence-electron chi connectivity index (χ4n) is 1.54. The maximum absolute atomic E-state index is 11.9. The number of hydrogen-bond acceptors (Lipinski definition) is 3. The second-order valence-corrected chi connectivity index (χ2v) is 3.83. The van der Waals surface area contributed by atoms with E-state index in [-0.39, 0.29) is 17.3 Å². The van der Waals surface area contributed by atoms with Crippen LogP contribution in [0.5, 0.6) is 0 Å². The van der Waals surface area contributed by atoms with Crippen molar-refractivity contribution in [3.63, 3.8) is 0 Å². The van der Waals surface area contributed by atoms with Crippen LogP contribution in [0, 0.1) is 6.92 Å². The first-order valence-electron chi connectivity index (χ1n) is 5.50. The van der Waals surface area contributed by atoms with E-state index in [9.17, 15) is 9.59 Å². The number of aldehydes is 1. The topological polar surface area (TPSA) is 59.1 Å². The van der Waals surface area contributed by atoms with Crippen LogP contribution in [0.2, 0.25) is 0 Å². The Morgan fingerprint density at radius 3 is 2.67 bits per heavy atom. The summed E-state index contributed by atoms with van der Waals surface area (Å²) in [7, 11) is 0. The minimum Gasteiger partial charge on any atom is -0.320 e. The third kappa shape index (κ3) is 2.60. The molecule has 18 heavy (non-hydrogen) atoms. The first-order valence-corrected chi connectivity index (χ1v) is 5.50. The summed E-state index contributed by atoms with van der Waals surface area (Å²) in [5.41, 5.74) is 2.17. The lowest BCUT2D eigenvalue weighted by Gasteiger charge is -2.07. The van der Waals surface area contributed by atoms with Crippen LogP contribution in [-0.2, 0) is 0 Å². The summed E-state index contributed by atoms with van der Waals surface area (Å²) < 4.78 is 0. The molecular weight excluding hydrogens is 228 g/mol. The molecule has 4 heteroatoms. The second kappa shape index (κ2) is 5.23. The van der Waals surface area contributed by atoms with Gasteiger partial charge in [-0.25, -0.2) is 4.98 Å². The fourth-order valence-corrected chi connectivity index (χ4v) is 1.54. The summed E-state index contributed by atoms with van der Waals surface area (Å²) >= 11 is 0. The van der Waals surface area contributed by atoms with Gasteiger partial charge >= 0.3 is 0 Å². The van der Waals surface area contributed by atoms with E-state index in [1.54, 1.807) is 18.2 Å². The van der Waals surface area contributed by atoms with Crippen LogP contribution in [0.4, 0.5) is 5.69 Å². The van der Waals surface area contributed by atoms with Gasteiger partial charge in [-0.15, -0.1) is 0 Å². The molecule has 0 unspecified atom stereocenters. The molecule has 1 aromatic carbocycles. The quantitative estimate of drug-likeness (QED) is 0.838. The van der Waals surface area contributed by atoms with E-state index in [0.29, 0.717) is 6.29 Å². The molecule has 2 aromatic rings. The number of pyridine rings is 1. The molecule has 0 fully saturated rings. The zero-order chi connectivity index (χ0) is 13.0. The molecular formula is C14H12N2O2. The van der Waals surface area contributed by atoms with Crippen LogP contribution < -0.4 is 5.32 Å². The molecule has 4 nitrogen and oxygen atoms in total. The number of hydrogen-bond donors (Lipinski definition) is 1. The molecule has 1 N–H and O–H groups in total. The van der Waals surface area contributed by atoms with Gasteiger partial charge in [0.05, 0.1) is 0 Å². The smallest absolute Gasteiger partial charge is 0.274 e. The normalized spacial score (nSPS) is 9.83. The number of aromatic nitrogens is 1. The van der Waals surface area contributed by atoms with Crippen molar-refractivity contribution in [1.29, 1.82) is 0 Å². The standard InChI is InChI=1S/C14H12N2O2/c1-10-5-2-3-7-12(10)16-14(18)13-8-4-6-11(9-17)15-13/h2-9H,1H3,(H,16,18). The van der Waals surface area contributed by atoms with Gasteiger partial charge in [-0.05, 0) is 30.7 Å². The van der Waals surface area contributed by atoms with E-state index in [0.717, 1.165) is 11.3 Å². The van der Waals surface area contributed by atoms with Gasteiger partial charge in [-0.2, -0.15) is 0 Å². The molecule has 0 saturated carbocycles. The predicted molar refractivity (Wildman–Crippen MR) is 68.8 cm³/mol. The van der Waals surface area contributed by atoms with Gasteiger partial charge in [0.25, 0.3) is 5.91 Å². The van der Waals surface area contributed by atoms with Gasteiger partial charge in [-0.1, -0.05) is 24.3 Å². The number of anilines is 1. The Labute approximate surface area is 105 Å². The zero-order valence-corrected chi connectivity index (χ0v) is 9.88. The Kier molecular flexibility index (Phi) is 3.48. The average molecular weight is 240 g/mol. The van der Waals surface area contributed by atoms with Crippen molar-refractivity contribution in [1.82, 2.24) is 4.98 Å². The molecule has 90 valence electrons. The van der Waals surface area contributed by atoms with Gasteiger partial charge in [0, 0.05) is 5.69 Å². The number of carbonyl (C=O) groups is 2. The molecule has 1 heterocycles. The summed E-state index contributed by atoms with van der Waals surface area (Å²) in [4.78, 5) is 26.5. The maximum Gasteiger partial charge on any atom is 0.274 e. The van der Waals surface area contributed by atoms with E-state index in [1.807, 2.05) is 31.2 Å². The summed E-state index contributed by atoms with van der Waals surface area (Å²) in [5.74, 6) is -0.326. The Morgan fingerprint density at radius 1 is 1.17 bits per heavy atom. The van der Waals surface area contributed by atoms with Crippen molar-refractivity contribution in [2.45, 2.75) is 6.92 Å². The number of aryl methyl sites for hydroxylation is 1. The average Bonchev–Trinajstić information content (AvgIpc) is 2.41. The summed E-state index contributed by atoms with van der Waals surface area (Å²) in [6.07, 6.45) is 0.616. The lowest BCUT2D eigenvalue weighted by molar-refractivity contribution is 0.102. The van der Waals surface area contributed by atoms with Crippen LogP contribution in [0.25, 0.3) is 0 Å². The van der Waals surface area contributed by atoms with E-state index in [4.69, 9.17) is 0 Å². The number of carbonyl (C=O) groups excluding carboxylic acids is 2. The highest BCUT2D eigenvalue weighted by Crippen LogP contribution is 2.14. The summed E-state index contributed by atoms with van der Waals surface area (Å²) in [6.45, 7) is 1.91. The zero-order valence-electron chi connectivity index (χ0n) is 9.88. The van der Waals surface area contributed by atoms with Gasteiger partial charge in [0.1, 0.15) is 11.4 Å². The highest BCUT2D eigenvalue weighted by Gasteiger charge is 2.09. The molecule has 0 bridgehead atoms. The minimum absolute atomic E-state index is 0.225. The van der Waals surface area contributed by atoms with Crippen LogP contribution >= 0.6 is 0 Å². The maximum atomic E-state index is 11.9. The second-order valence-electron chi connectivity index (χ2n) is 3.83. The number of nitrogens with zero attached hydrogens (tertiary/aromatic N) is 1.